The Morgan fingerprint density at radius 1 is 1.00 bits per heavy atom. The average molecular weight is 455 g/mol. The van der Waals surface area contributed by atoms with Crippen LogP contribution in [0.15, 0.2) is 53.2 Å². The van der Waals surface area contributed by atoms with Gasteiger partial charge in [0.05, 0.1) is 36.5 Å². The number of benzene rings is 2. The number of aromatic nitrogens is 5. The van der Waals surface area contributed by atoms with Crippen molar-refractivity contribution in [2.24, 2.45) is 0 Å². The molecule has 1 saturated heterocycles. The third kappa shape index (κ3) is 3.33. The van der Waals surface area contributed by atoms with Gasteiger partial charge in [0.1, 0.15) is 0 Å². The van der Waals surface area contributed by atoms with Crippen molar-refractivity contribution in [1.82, 2.24) is 30.3 Å². The Bertz CT molecular complexity index is 1460. The fraction of sp³-hybridized carbons (Fsp3) is 0.346. The second kappa shape index (κ2) is 8.07. The summed E-state index contributed by atoms with van der Waals surface area (Å²) in [5.41, 5.74) is 5.17. The van der Waals surface area contributed by atoms with E-state index in [1.165, 1.54) is 24.6 Å². The van der Waals surface area contributed by atoms with Gasteiger partial charge in [0, 0.05) is 35.1 Å². The molecule has 1 saturated carbocycles. The molecule has 7 rings (SSSR count). The smallest absolute Gasteiger partial charge is 0.248 e. The minimum absolute atomic E-state index is 0.336. The first kappa shape index (κ1) is 19.9. The summed E-state index contributed by atoms with van der Waals surface area (Å²) in [7, 11) is 0. The van der Waals surface area contributed by atoms with Gasteiger partial charge in [0.15, 0.2) is 0 Å². The molecule has 172 valence electrons. The van der Waals surface area contributed by atoms with Crippen molar-refractivity contribution >= 4 is 21.8 Å². The van der Waals surface area contributed by atoms with E-state index in [4.69, 9.17) is 9.15 Å². The first-order valence-corrected chi connectivity index (χ1v) is 12.1. The van der Waals surface area contributed by atoms with Crippen molar-refractivity contribution in [2.75, 3.05) is 13.2 Å². The summed E-state index contributed by atoms with van der Waals surface area (Å²) in [6, 6.07) is 13.1. The minimum atomic E-state index is 0.336. The van der Waals surface area contributed by atoms with Crippen LogP contribution in [0.5, 0.6) is 0 Å². The van der Waals surface area contributed by atoms with Crippen LogP contribution < -0.4 is 0 Å². The van der Waals surface area contributed by atoms with Gasteiger partial charge in [0.25, 0.3) is 0 Å². The number of hydrogen-bond donors (Lipinski definition) is 2. The summed E-state index contributed by atoms with van der Waals surface area (Å²) < 4.78 is 12.3. The maximum absolute atomic E-state index is 6.24. The van der Waals surface area contributed by atoms with Gasteiger partial charge in [-0.15, -0.1) is 10.2 Å². The van der Waals surface area contributed by atoms with Crippen LogP contribution in [0.25, 0.3) is 44.4 Å². The van der Waals surface area contributed by atoms with Crippen molar-refractivity contribution in [1.29, 1.82) is 0 Å². The highest BCUT2D eigenvalue weighted by Crippen LogP contribution is 2.36. The molecular formula is C26H26N6O2. The quantitative estimate of drug-likeness (QED) is 0.401. The molecule has 1 aliphatic heterocycles. The molecule has 2 aromatic carbocycles. The normalized spacial score (nSPS) is 21.3. The molecule has 0 spiro atoms. The molecule has 8 heteroatoms. The zero-order chi connectivity index (χ0) is 22.5. The Balaban J connectivity index is 1.25. The highest BCUT2D eigenvalue weighted by molar-refractivity contribution is 6.01. The number of aromatic amines is 2. The van der Waals surface area contributed by atoms with E-state index in [2.05, 4.69) is 66.7 Å². The number of ether oxygens (including phenoxy) is 1. The molecule has 0 radical (unpaired) electrons. The van der Waals surface area contributed by atoms with Gasteiger partial charge >= 0.3 is 0 Å². The molecule has 2 fully saturated rings. The SMILES string of the molecule is c1cc(-c2cc(-c3nnc(CN4CCOC5CCCCC54)o3)c3cn[nH]c3c2)c2cc[nH]c2c1. The van der Waals surface area contributed by atoms with Crippen molar-refractivity contribution in [3.63, 3.8) is 0 Å². The van der Waals surface area contributed by atoms with Gasteiger partial charge in [-0.2, -0.15) is 5.10 Å². The third-order valence-electron chi connectivity index (χ3n) is 7.35. The summed E-state index contributed by atoms with van der Waals surface area (Å²) >= 11 is 0. The molecule has 34 heavy (non-hydrogen) atoms. The molecule has 5 aromatic rings. The zero-order valence-electron chi connectivity index (χ0n) is 18.8. The van der Waals surface area contributed by atoms with E-state index in [9.17, 15) is 0 Å². The summed E-state index contributed by atoms with van der Waals surface area (Å²) in [5.74, 6) is 1.17. The summed E-state index contributed by atoms with van der Waals surface area (Å²) in [4.78, 5) is 5.75. The molecule has 8 nitrogen and oxygen atoms in total. The van der Waals surface area contributed by atoms with Gasteiger partial charge in [0.2, 0.25) is 11.8 Å². The fourth-order valence-electron chi connectivity index (χ4n) is 5.69. The Kier molecular flexibility index (Phi) is 4.73. The number of fused-ring (bicyclic) bond motifs is 3. The van der Waals surface area contributed by atoms with E-state index in [0.29, 0.717) is 30.5 Å². The summed E-state index contributed by atoms with van der Waals surface area (Å²) in [5, 5.41) is 18.4. The Morgan fingerprint density at radius 2 is 1.97 bits per heavy atom. The fourth-order valence-corrected chi connectivity index (χ4v) is 5.69. The molecule has 1 aliphatic carbocycles. The van der Waals surface area contributed by atoms with E-state index < -0.39 is 0 Å². The van der Waals surface area contributed by atoms with E-state index in [0.717, 1.165) is 52.7 Å². The van der Waals surface area contributed by atoms with E-state index >= 15 is 0 Å². The van der Waals surface area contributed by atoms with Gasteiger partial charge in [-0.3, -0.25) is 10.00 Å². The van der Waals surface area contributed by atoms with E-state index in [1.54, 1.807) is 0 Å². The largest absolute Gasteiger partial charge is 0.419 e. The van der Waals surface area contributed by atoms with Crippen LogP contribution >= 0.6 is 0 Å². The predicted molar refractivity (Wildman–Crippen MR) is 129 cm³/mol. The van der Waals surface area contributed by atoms with Gasteiger partial charge in [-0.1, -0.05) is 25.0 Å². The molecule has 2 unspecified atom stereocenters. The number of nitrogens with one attached hydrogen (secondary N) is 2. The number of rotatable bonds is 4. The Labute approximate surface area is 196 Å². The van der Waals surface area contributed by atoms with Crippen LogP contribution in [0.1, 0.15) is 31.6 Å². The van der Waals surface area contributed by atoms with Gasteiger partial charge in [-0.05, 0) is 48.2 Å². The third-order valence-corrected chi connectivity index (χ3v) is 7.35. The molecule has 2 atom stereocenters. The molecule has 2 N–H and O–H groups in total. The number of H-pyrrole nitrogens is 2. The summed E-state index contributed by atoms with van der Waals surface area (Å²) in [6.45, 7) is 2.33. The molecule has 0 amide bonds. The van der Waals surface area contributed by atoms with Crippen LogP contribution in [0.2, 0.25) is 0 Å². The van der Waals surface area contributed by atoms with Crippen LogP contribution in [-0.2, 0) is 11.3 Å². The predicted octanol–water partition coefficient (Wildman–Crippen LogP) is 4.90. The average Bonchev–Trinajstić information content (AvgIpc) is 3.64. The molecule has 2 aliphatic rings. The second-order valence-electron chi connectivity index (χ2n) is 9.33. The Hall–Kier alpha value is -3.49. The lowest BCUT2D eigenvalue weighted by atomic mass is 9.90. The van der Waals surface area contributed by atoms with Gasteiger partial charge < -0.3 is 14.1 Å². The maximum atomic E-state index is 6.24. The van der Waals surface area contributed by atoms with Crippen molar-refractivity contribution < 1.29 is 9.15 Å². The number of hydrogen-bond acceptors (Lipinski definition) is 6. The minimum Gasteiger partial charge on any atom is -0.419 e. The number of morpholine rings is 1. The van der Waals surface area contributed by atoms with Gasteiger partial charge in [-0.25, -0.2) is 0 Å². The molecule has 0 bridgehead atoms. The Morgan fingerprint density at radius 3 is 2.97 bits per heavy atom. The number of nitrogens with zero attached hydrogens (tertiary/aromatic N) is 4. The standard InChI is InChI=1S/C26H26N6O2/c1-2-7-24-23(6-1)32(10-11-33-24)15-25-30-31-26(34-25)19-12-16(13-22-20(19)14-28-29-22)17-4-3-5-21-18(17)8-9-27-21/h3-5,8-9,12-14,23-24,27H,1-2,6-7,10-11,15H2,(H,28,29). The highest BCUT2D eigenvalue weighted by Gasteiger charge is 2.34. The lowest BCUT2D eigenvalue weighted by Crippen LogP contribution is -2.52. The topological polar surface area (TPSA) is 95.9 Å². The first-order valence-electron chi connectivity index (χ1n) is 12.1. The van der Waals surface area contributed by atoms with Crippen molar-refractivity contribution in [3.8, 4) is 22.6 Å². The van der Waals surface area contributed by atoms with Crippen LogP contribution in [0.4, 0.5) is 0 Å². The summed E-state index contributed by atoms with van der Waals surface area (Å²) in [6.07, 6.45) is 8.97. The lowest BCUT2D eigenvalue weighted by Gasteiger charge is -2.43. The second-order valence-corrected chi connectivity index (χ2v) is 9.33. The zero-order valence-corrected chi connectivity index (χ0v) is 18.8. The van der Waals surface area contributed by atoms with Crippen LogP contribution in [-0.4, -0.2) is 55.6 Å². The van der Waals surface area contributed by atoms with Crippen molar-refractivity contribution in [2.45, 2.75) is 44.4 Å². The maximum Gasteiger partial charge on any atom is 0.248 e. The molecule has 3 aromatic heterocycles. The van der Waals surface area contributed by atoms with Crippen molar-refractivity contribution in [3.05, 3.63) is 54.7 Å². The highest BCUT2D eigenvalue weighted by atomic mass is 16.5. The molecular weight excluding hydrogens is 428 g/mol. The van der Waals surface area contributed by atoms with E-state index in [-0.39, 0.29) is 0 Å². The van der Waals surface area contributed by atoms with E-state index in [1.807, 2.05) is 12.4 Å². The monoisotopic (exact) mass is 454 g/mol. The van der Waals surface area contributed by atoms with Crippen LogP contribution in [0.3, 0.4) is 0 Å². The lowest BCUT2D eigenvalue weighted by molar-refractivity contribution is -0.0930. The first-order chi connectivity index (χ1) is 16.8. The van der Waals surface area contributed by atoms with Crippen LogP contribution in [0, 0.1) is 0 Å². The molecule has 4 heterocycles.